The molecule has 3 atom stereocenters. The summed E-state index contributed by atoms with van der Waals surface area (Å²) in [6, 6.07) is 1.57. The second kappa shape index (κ2) is 7.46. The van der Waals surface area contributed by atoms with E-state index in [1.807, 2.05) is 0 Å². The monoisotopic (exact) mass is 292 g/mol. The average Bonchev–Trinajstić information content (AvgIpc) is 3.37. The summed E-state index contributed by atoms with van der Waals surface area (Å²) in [7, 11) is 0. The van der Waals surface area contributed by atoms with Gasteiger partial charge in [-0.25, -0.2) is 0 Å². The Labute approximate surface area is 132 Å². The zero-order chi connectivity index (χ0) is 14.7. The van der Waals surface area contributed by atoms with Crippen LogP contribution in [0, 0.1) is 17.8 Å². The molecule has 0 amide bonds. The van der Waals surface area contributed by atoms with Gasteiger partial charge >= 0.3 is 0 Å². The zero-order valence-electron chi connectivity index (χ0n) is 14.3. The van der Waals surface area contributed by atoms with Gasteiger partial charge < -0.3 is 5.32 Å². The molecule has 3 unspecified atom stereocenters. The van der Waals surface area contributed by atoms with Crippen molar-refractivity contribution >= 4 is 0 Å². The molecule has 0 radical (unpaired) electrons. The van der Waals surface area contributed by atoms with Gasteiger partial charge in [0.1, 0.15) is 0 Å². The Hall–Kier alpha value is -0.0800. The first-order valence-electron chi connectivity index (χ1n) is 9.75. The summed E-state index contributed by atoms with van der Waals surface area (Å²) in [5, 5.41) is 3.95. The summed E-state index contributed by atoms with van der Waals surface area (Å²) in [5.74, 6) is 2.87. The lowest BCUT2D eigenvalue weighted by Gasteiger charge is -2.46. The molecule has 2 aliphatic carbocycles. The summed E-state index contributed by atoms with van der Waals surface area (Å²) in [6.07, 6.45) is 13.2. The number of piperazine rings is 1. The number of hydrogen-bond donors (Lipinski definition) is 1. The van der Waals surface area contributed by atoms with Crippen LogP contribution in [0.15, 0.2) is 0 Å². The van der Waals surface area contributed by atoms with Gasteiger partial charge in [0.15, 0.2) is 0 Å². The van der Waals surface area contributed by atoms with E-state index in [0.29, 0.717) is 0 Å². The highest BCUT2D eigenvalue weighted by molar-refractivity contribution is 4.92. The van der Waals surface area contributed by atoms with Crippen molar-refractivity contribution in [2.24, 2.45) is 17.8 Å². The Balaban J connectivity index is 1.57. The van der Waals surface area contributed by atoms with Crippen LogP contribution >= 0.6 is 0 Å². The molecule has 0 spiro atoms. The van der Waals surface area contributed by atoms with E-state index < -0.39 is 0 Å². The normalized spacial score (nSPS) is 34.0. The van der Waals surface area contributed by atoms with Crippen LogP contribution in [-0.2, 0) is 0 Å². The third kappa shape index (κ3) is 4.22. The smallest absolute Gasteiger partial charge is 0.0246 e. The van der Waals surface area contributed by atoms with Crippen molar-refractivity contribution in [3.05, 3.63) is 0 Å². The minimum Gasteiger partial charge on any atom is -0.311 e. The summed E-state index contributed by atoms with van der Waals surface area (Å²) in [4.78, 5) is 2.88. The number of nitrogens with zero attached hydrogens (tertiary/aromatic N) is 1. The van der Waals surface area contributed by atoms with Gasteiger partial charge in [0.05, 0.1) is 0 Å². The van der Waals surface area contributed by atoms with Crippen LogP contribution in [0.25, 0.3) is 0 Å². The van der Waals surface area contributed by atoms with E-state index in [1.54, 1.807) is 0 Å². The van der Waals surface area contributed by atoms with E-state index in [9.17, 15) is 0 Å². The molecule has 1 N–H and O–H groups in total. The number of hydrogen-bond acceptors (Lipinski definition) is 2. The molecule has 2 heteroatoms. The van der Waals surface area contributed by atoms with Gasteiger partial charge in [-0.15, -0.1) is 0 Å². The lowest BCUT2D eigenvalue weighted by molar-refractivity contribution is 0.0647. The minimum atomic E-state index is 0.782. The molecule has 0 aromatic carbocycles. The van der Waals surface area contributed by atoms with Crippen LogP contribution in [0.5, 0.6) is 0 Å². The molecule has 3 fully saturated rings. The Morgan fingerprint density at radius 3 is 2.52 bits per heavy atom. The lowest BCUT2D eigenvalue weighted by atomic mass is 9.81. The van der Waals surface area contributed by atoms with Crippen molar-refractivity contribution < 1.29 is 0 Å². The van der Waals surface area contributed by atoms with Crippen molar-refractivity contribution in [2.75, 3.05) is 19.6 Å². The van der Waals surface area contributed by atoms with Gasteiger partial charge in [0.25, 0.3) is 0 Å². The van der Waals surface area contributed by atoms with Gasteiger partial charge in [0.2, 0.25) is 0 Å². The van der Waals surface area contributed by atoms with Crippen LogP contribution in [0.1, 0.15) is 71.6 Å². The van der Waals surface area contributed by atoms with Gasteiger partial charge in [0, 0.05) is 25.2 Å². The van der Waals surface area contributed by atoms with Crippen molar-refractivity contribution in [3.63, 3.8) is 0 Å². The SMILES string of the molecule is CCC(C)C1CNC(C2CCCCC2)CN1CCC1CC1. The Kier molecular flexibility index (Phi) is 5.61. The Morgan fingerprint density at radius 2 is 1.86 bits per heavy atom. The van der Waals surface area contributed by atoms with E-state index in [-0.39, 0.29) is 0 Å². The minimum absolute atomic E-state index is 0.782. The van der Waals surface area contributed by atoms with E-state index in [2.05, 4.69) is 24.1 Å². The predicted octanol–water partition coefficient (Wildman–Crippen LogP) is 4.06. The average molecular weight is 293 g/mol. The van der Waals surface area contributed by atoms with E-state index in [4.69, 9.17) is 0 Å². The first-order chi connectivity index (χ1) is 10.3. The van der Waals surface area contributed by atoms with Crippen molar-refractivity contribution in [3.8, 4) is 0 Å². The highest BCUT2D eigenvalue weighted by Gasteiger charge is 2.35. The molecule has 1 saturated heterocycles. The maximum absolute atomic E-state index is 3.95. The molecule has 3 aliphatic rings. The van der Waals surface area contributed by atoms with Crippen LogP contribution in [0.3, 0.4) is 0 Å². The molecule has 3 rings (SSSR count). The second-order valence-electron chi connectivity index (χ2n) is 8.09. The quantitative estimate of drug-likeness (QED) is 0.794. The van der Waals surface area contributed by atoms with Gasteiger partial charge in [-0.1, -0.05) is 52.4 Å². The fourth-order valence-corrected chi connectivity index (χ4v) is 4.55. The second-order valence-corrected chi connectivity index (χ2v) is 8.09. The molecular weight excluding hydrogens is 256 g/mol. The first-order valence-corrected chi connectivity index (χ1v) is 9.75. The Morgan fingerprint density at radius 1 is 1.10 bits per heavy atom. The summed E-state index contributed by atoms with van der Waals surface area (Å²) in [6.45, 7) is 8.74. The molecule has 0 aromatic rings. The van der Waals surface area contributed by atoms with Crippen molar-refractivity contribution in [1.29, 1.82) is 0 Å². The van der Waals surface area contributed by atoms with E-state index in [1.165, 1.54) is 77.4 Å². The summed E-state index contributed by atoms with van der Waals surface area (Å²) in [5.41, 5.74) is 0. The highest BCUT2D eigenvalue weighted by Crippen LogP contribution is 2.34. The molecule has 2 nitrogen and oxygen atoms in total. The molecule has 0 aromatic heterocycles. The van der Waals surface area contributed by atoms with Gasteiger partial charge in [-0.05, 0) is 43.6 Å². The predicted molar refractivity (Wildman–Crippen MR) is 90.5 cm³/mol. The van der Waals surface area contributed by atoms with Crippen LogP contribution < -0.4 is 5.32 Å². The largest absolute Gasteiger partial charge is 0.311 e. The standard InChI is InChI=1S/C19H36N2/c1-3-15(2)19-13-20-18(17-7-5-4-6-8-17)14-21(19)12-11-16-9-10-16/h15-20H,3-14H2,1-2H3. The summed E-state index contributed by atoms with van der Waals surface area (Å²) < 4.78 is 0. The molecular formula is C19H36N2. The third-order valence-electron chi connectivity index (χ3n) is 6.53. The zero-order valence-corrected chi connectivity index (χ0v) is 14.3. The van der Waals surface area contributed by atoms with Crippen molar-refractivity contribution in [2.45, 2.75) is 83.7 Å². The van der Waals surface area contributed by atoms with Crippen molar-refractivity contribution in [1.82, 2.24) is 10.2 Å². The van der Waals surface area contributed by atoms with Gasteiger partial charge in [-0.2, -0.15) is 0 Å². The molecule has 1 heterocycles. The summed E-state index contributed by atoms with van der Waals surface area (Å²) >= 11 is 0. The van der Waals surface area contributed by atoms with E-state index >= 15 is 0 Å². The maximum atomic E-state index is 3.95. The first kappa shape index (κ1) is 15.8. The third-order valence-corrected chi connectivity index (χ3v) is 6.53. The number of rotatable bonds is 6. The molecule has 2 saturated carbocycles. The Bertz CT molecular complexity index is 307. The molecule has 122 valence electrons. The number of nitrogens with one attached hydrogen (secondary N) is 1. The fraction of sp³-hybridized carbons (Fsp3) is 1.00. The van der Waals surface area contributed by atoms with Crippen LogP contribution in [-0.4, -0.2) is 36.6 Å². The van der Waals surface area contributed by atoms with Crippen LogP contribution in [0.2, 0.25) is 0 Å². The van der Waals surface area contributed by atoms with Crippen LogP contribution in [0.4, 0.5) is 0 Å². The molecule has 21 heavy (non-hydrogen) atoms. The maximum Gasteiger partial charge on any atom is 0.0246 e. The topological polar surface area (TPSA) is 15.3 Å². The van der Waals surface area contributed by atoms with Gasteiger partial charge in [-0.3, -0.25) is 4.90 Å². The highest BCUT2D eigenvalue weighted by atomic mass is 15.2. The molecule has 1 aliphatic heterocycles. The fourth-order valence-electron chi connectivity index (χ4n) is 4.55. The van der Waals surface area contributed by atoms with E-state index in [0.717, 1.165) is 29.8 Å². The molecule has 0 bridgehead atoms. The lowest BCUT2D eigenvalue weighted by Crippen LogP contribution is -2.60.